The minimum absolute atomic E-state index is 0. The van der Waals surface area contributed by atoms with Crippen molar-refractivity contribution in [1.82, 2.24) is 20.2 Å². The Labute approximate surface area is 256 Å². The summed E-state index contributed by atoms with van der Waals surface area (Å²) in [6.45, 7) is 0. The van der Waals surface area contributed by atoms with Crippen LogP contribution in [0, 0.1) is 0 Å². The van der Waals surface area contributed by atoms with E-state index in [4.69, 9.17) is 15.0 Å². The first-order valence-corrected chi connectivity index (χ1v) is 13.9. The Morgan fingerprint density at radius 2 is 2.13 bits per heavy atom. The van der Waals surface area contributed by atoms with E-state index in [0.717, 1.165) is 21.8 Å². The van der Waals surface area contributed by atoms with Crippen molar-refractivity contribution < 1.29 is 58.3 Å². The van der Waals surface area contributed by atoms with E-state index in [1.807, 2.05) is 30.3 Å². The van der Waals surface area contributed by atoms with Gasteiger partial charge in [-0.1, -0.05) is 47.2 Å². The first-order chi connectivity index (χ1) is 18.4. The normalized spacial score (nSPS) is 18.6. The van der Waals surface area contributed by atoms with Crippen LogP contribution in [0.5, 0.6) is 0 Å². The average molecular weight is 595 g/mol. The first-order valence-electron chi connectivity index (χ1n) is 11.0. The Balaban J connectivity index is 0.00000353. The van der Waals surface area contributed by atoms with Gasteiger partial charge >= 0.3 is 29.6 Å². The number of oxazole rings is 1. The molecular weight excluding hydrogens is 575 g/mol. The molecule has 3 N–H and O–H groups in total. The molecule has 4 heterocycles. The number of benzene rings is 1. The zero-order valence-corrected chi connectivity index (χ0v) is 25.1. The predicted molar refractivity (Wildman–Crippen MR) is 140 cm³/mol. The molecule has 0 radical (unpaired) electrons. The van der Waals surface area contributed by atoms with Crippen molar-refractivity contribution in [3.05, 3.63) is 58.9 Å². The van der Waals surface area contributed by atoms with E-state index in [0.29, 0.717) is 22.3 Å². The van der Waals surface area contributed by atoms with Crippen LogP contribution in [-0.4, -0.2) is 68.4 Å². The zero-order valence-electron chi connectivity index (χ0n) is 20.7. The molecular formula is C23H19N6NaO6S3. The number of nitrogens with zero attached hydrogens (tertiary/aromatic N) is 4. The number of hydrogen-bond acceptors (Lipinski definition) is 13. The number of carboxylic acid groups (broad SMARTS) is 1. The van der Waals surface area contributed by atoms with Gasteiger partial charge in [0.2, 0.25) is 0 Å². The number of nitrogens with two attached hydrogens (primary N) is 1. The number of amides is 2. The van der Waals surface area contributed by atoms with Gasteiger partial charge in [-0.25, -0.2) is 9.97 Å². The quantitative estimate of drug-likeness (QED) is 0.0915. The van der Waals surface area contributed by atoms with Gasteiger partial charge in [-0.05, 0) is 5.57 Å². The van der Waals surface area contributed by atoms with Crippen molar-refractivity contribution in [3.8, 4) is 11.3 Å². The van der Waals surface area contributed by atoms with Crippen molar-refractivity contribution in [2.75, 3.05) is 24.3 Å². The van der Waals surface area contributed by atoms with Crippen LogP contribution in [-0.2, 0) is 19.2 Å². The number of β-lactam (4-membered cyclic amide) rings is 1. The molecule has 196 valence electrons. The number of rotatable bonds is 9. The number of carbonyl (C=O) groups excluding carboxylic acids is 3. The van der Waals surface area contributed by atoms with Gasteiger partial charge in [0.25, 0.3) is 17.0 Å². The van der Waals surface area contributed by atoms with Gasteiger partial charge in [0, 0.05) is 22.4 Å². The summed E-state index contributed by atoms with van der Waals surface area (Å²) >= 11 is 3.67. The molecule has 12 nitrogen and oxygen atoms in total. The second kappa shape index (κ2) is 12.6. The third-order valence-corrected chi connectivity index (χ3v) is 8.54. The van der Waals surface area contributed by atoms with Gasteiger partial charge in [-0.2, -0.15) is 0 Å². The molecule has 0 unspecified atom stereocenters. The second-order valence-electron chi connectivity index (χ2n) is 7.94. The van der Waals surface area contributed by atoms with Crippen LogP contribution in [0.25, 0.3) is 11.3 Å². The summed E-state index contributed by atoms with van der Waals surface area (Å²) in [5.74, 6) is -1.61. The number of thiazole rings is 1. The monoisotopic (exact) mass is 594 g/mol. The molecule has 2 aliphatic heterocycles. The molecule has 2 amide bonds. The fraction of sp³-hybridized carbons (Fsp3) is 0.217. The van der Waals surface area contributed by atoms with Crippen molar-refractivity contribution in [1.29, 1.82) is 0 Å². The first kappa shape index (κ1) is 29.2. The van der Waals surface area contributed by atoms with E-state index in [2.05, 4.69) is 20.4 Å². The number of hydrogen-bond donors (Lipinski definition) is 2. The minimum atomic E-state index is -1.47. The van der Waals surface area contributed by atoms with Gasteiger partial charge in [0.15, 0.2) is 16.6 Å². The molecule has 0 bridgehead atoms. The smallest absolute Gasteiger partial charge is 0.543 e. The molecule has 39 heavy (non-hydrogen) atoms. The fourth-order valence-corrected chi connectivity index (χ4v) is 6.73. The number of nitrogens with one attached hydrogen (secondary N) is 1. The summed E-state index contributed by atoms with van der Waals surface area (Å²) in [7, 11) is 1.27. The van der Waals surface area contributed by atoms with Crippen LogP contribution in [0.1, 0.15) is 5.69 Å². The van der Waals surface area contributed by atoms with Crippen LogP contribution in [0.4, 0.5) is 5.13 Å². The molecule has 16 heteroatoms. The molecule has 2 atom stereocenters. The second-order valence-corrected chi connectivity index (χ2v) is 10.9. The molecule has 0 aliphatic carbocycles. The summed E-state index contributed by atoms with van der Waals surface area (Å²) < 4.78 is 5.78. The predicted octanol–water partition coefficient (Wildman–Crippen LogP) is -2.07. The Morgan fingerprint density at radius 1 is 1.36 bits per heavy atom. The maximum Gasteiger partial charge on any atom is 1.00 e. The Kier molecular flexibility index (Phi) is 9.40. The Morgan fingerprint density at radius 3 is 2.79 bits per heavy atom. The molecule has 0 spiro atoms. The Hall–Kier alpha value is -2.82. The molecule has 2 aromatic heterocycles. The molecule has 5 rings (SSSR count). The van der Waals surface area contributed by atoms with Gasteiger partial charge in [-0.3, -0.25) is 14.5 Å². The molecule has 1 saturated heterocycles. The number of fused-ring (bicyclic) bond motifs is 1. The van der Waals surface area contributed by atoms with E-state index >= 15 is 0 Å². The summed E-state index contributed by atoms with van der Waals surface area (Å²) in [6, 6.07) is 8.49. The van der Waals surface area contributed by atoms with Crippen LogP contribution >= 0.6 is 34.9 Å². The SMILES string of the molecule is CON=C(C(=O)N[C@@H]1C(=O)N2C(C(=O)[O-])=C(CSc3ncc(-c4ccccc4)o3)CS[C@@H]12)c1csc(N)n1.[Na+]. The minimum Gasteiger partial charge on any atom is -0.543 e. The maximum atomic E-state index is 13.0. The fourth-order valence-electron chi connectivity index (χ4n) is 3.89. The average Bonchev–Trinajstić information content (AvgIpc) is 3.58. The number of thioether (sulfide) groups is 2. The van der Waals surface area contributed by atoms with Crippen LogP contribution in [0.15, 0.2) is 68.0 Å². The molecule has 2 aliphatic rings. The molecule has 1 fully saturated rings. The molecule has 1 aromatic carbocycles. The number of anilines is 1. The summed E-state index contributed by atoms with van der Waals surface area (Å²) in [5, 5.41) is 19.9. The largest absolute Gasteiger partial charge is 1.00 e. The number of oxime groups is 1. The standard InChI is InChI=1S/C23H20N6O6S3.Na/c1-34-28-15(13-10-37-22(24)26-13)18(30)27-16-19(31)29-17(21(32)33)12(8-36-20(16)29)9-38-23-25-7-14(35-23)11-5-3-2-4-6-11;/h2-7,10,16,20H,8-9H2,1H3,(H2,24,26)(H,27,30)(H,32,33);/q;+1/p-1/t16-,20+;/m1./s1. The summed E-state index contributed by atoms with van der Waals surface area (Å²) in [5.41, 5.74) is 6.85. The topological polar surface area (TPSA) is 176 Å². The van der Waals surface area contributed by atoms with Crippen LogP contribution < -0.4 is 45.7 Å². The van der Waals surface area contributed by atoms with E-state index in [1.54, 1.807) is 6.20 Å². The van der Waals surface area contributed by atoms with E-state index in [-0.39, 0.29) is 57.5 Å². The van der Waals surface area contributed by atoms with Gasteiger partial charge in [0.05, 0.1) is 17.9 Å². The third-order valence-electron chi connectivity index (χ3n) is 5.60. The van der Waals surface area contributed by atoms with Crippen molar-refractivity contribution in [2.24, 2.45) is 5.16 Å². The third kappa shape index (κ3) is 6.02. The van der Waals surface area contributed by atoms with Crippen molar-refractivity contribution >= 4 is 63.5 Å². The van der Waals surface area contributed by atoms with Crippen molar-refractivity contribution in [2.45, 2.75) is 16.6 Å². The summed E-state index contributed by atoms with van der Waals surface area (Å²) in [6.07, 6.45) is 1.60. The maximum absolute atomic E-state index is 13.0. The number of aliphatic carboxylic acids is 1. The van der Waals surface area contributed by atoms with E-state index in [1.165, 1.54) is 36.0 Å². The van der Waals surface area contributed by atoms with Crippen LogP contribution in [0.3, 0.4) is 0 Å². The number of nitrogen functional groups attached to an aromatic ring is 1. The molecule has 0 saturated carbocycles. The van der Waals surface area contributed by atoms with Gasteiger partial charge < -0.3 is 30.2 Å². The zero-order chi connectivity index (χ0) is 26.8. The van der Waals surface area contributed by atoms with Gasteiger partial charge in [0.1, 0.15) is 24.2 Å². The number of aromatic nitrogens is 2. The number of carbonyl (C=O) groups is 3. The Bertz CT molecular complexity index is 1460. The van der Waals surface area contributed by atoms with Crippen LogP contribution in [0.2, 0.25) is 0 Å². The van der Waals surface area contributed by atoms with E-state index < -0.39 is 29.2 Å². The van der Waals surface area contributed by atoms with Gasteiger partial charge in [-0.15, -0.1) is 23.1 Å². The van der Waals surface area contributed by atoms with E-state index in [9.17, 15) is 19.5 Å². The van der Waals surface area contributed by atoms with Crippen molar-refractivity contribution in [3.63, 3.8) is 0 Å². The number of carboxylic acids is 1. The molecule has 3 aromatic rings. The summed E-state index contributed by atoms with van der Waals surface area (Å²) in [4.78, 5) is 52.1.